The van der Waals surface area contributed by atoms with E-state index in [2.05, 4.69) is 36.5 Å². The lowest BCUT2D eigenvalue weighted by atomic mass is 9.97. The number of nitrogens with zero attached hydrogens (tertiary/aromatic N) is 2. The maximum Gasteiger partial charge on any atom is 0.319 e. The van der Waals surface area contributed by atoms with E-state index in [9.17, 15) is 9.59 Å². The van der Waals surface area contributed by atoms with Crippen LogP contribution in [0, 0.1) is 12.8 Å². The first-order valence-electron chi connectivity index (χ1n) is 8.85. The molecule has 1 atom stereocenters. The van der Waals surface area contributed by atoms with E-state index < -0.39 is 0 Å². The van der Waals surface area contributed by atoms with Crippen LogP contribution < -0.4 is 5.32 Å². The minimum Gasteiger partial charge on any atom is -0.355 e. The van der Waals surface area contributed by atoms with Crippen LogP contribution in [-0.2, 0) is 10.5 Å². The largest absolute Gasteiger partial charge is 0.355 e. The van der Waals surface area contributed by atoms with Crippen molar-refractivity contribution in [3.63, 3.8) is 0 Å². The van der Waals surface area contributed by atoms with Crippen LogP contribution in [0.3, 0.4) is 0 Å². The number of carbonyl (C=O) groups is 2. The van der Waals surface area contributed by atoms with Crippen LogP contribution >= 0.6 is 11.8 Å². The Morgan fingerprint density at radius 1 is 1.32 bits per heavy atom. The molecule has 0 aromatic heterocycles. The highest BCUT2D eigenvalue weighted by molar-refractivity contribution is 7.98. The Hall–Kier alpha value is -1.69. The van der Waals surface area contributed by atoms with Gasteiger partial charge in [-0.2, -0.15) is 11.8 Å². The van der Waals surface area contributed by atoms with Gasteiger partial charge in [-0.1, -0.05) is 24.3 Å². The Bertz CT molecular complexity index is 592. The summed E-state index contributed by atoms with van der Waals surface area (Å²) < 4.78 is 0. The lowest BCUT2D eigenvalue weighted by Gasteiger charge is -2.33. The number of nitrogens with one attached hydrogen (secondary N) is 1. The van der Waals surface area contributed by atoms with Gasteiger partial charge in [-0.15, -0.1) is 0 Å². The van der Waals surface area contributed by atoms with Gasteiger partial charge in [0.1, 0.15) is 0 Å². The predicted molar refractivity (Wildman–Crippen MR) is 104 cm³/mol. The molecular weight excluding hydrogens is 334 g/mol. The Morgan fingerprint density at radius 2 is 2.08 bits per heavy atom. The number of rotatable bonds is 6. The van der Waals surface area contributed by atoms with Crippen LogP contribution in [-0.4, -0.2) is 61.2 Å². The van der Waals surface area contributed by atoms with Gasteiger partial charge >= 0.3 is 6.03 Å². The number of hydrogen-bond acceptors (Lipinski definition) is 3. The normalized spacial score (nSPS) is 17.2. The fourth-order valence-corrected chi connectivity index (χ4v) is 3.93. The highest BCUT2D eigenvalue weighted by atomic mass is 32.2. The van der Waals surface area contributed by atoms with E-state index in [0.29, 0.717) is 13.1 Å². The highest BCUT2D eigenvalue weighted by Crippen LogP contribution is 2.18. The standard InChI is InChI=1S/C19H29N3O2S/c1-15-7-4-5-8-17(15)14-25-12-10-20-18(23)16-9-6-11-22(13-16)19(24)21(2)3/h4-5,7-8,16H,6,9-14H2,1-3H3,(H,20,23)/t16-/m0/s1. The zero-order chi connectivity index (χ0) is 18.2. The van der Waals surface area contributed by atoms with Crippen LogP contribution in [0.15, 0.2) is 24.3 Å². The Morgan fingerprint density at radius 3 is 2.80 bits per heavy atom. The number of thioether (sulfide) groups is 1. The molecule has 0 radical (unpaired) electrons. The van der Waals surface area contributed by atoms with Gasteiger partial charge in [0, 0.05) is 45.2 Å². The zero-order valence-electron chi connectivity index (χ0n) is 15.5. The lowest BCUT2D eigenvalue weighted by molar-refractivity contribution is -0.126. The molecular formula is C19H29N3O2S. The van der Waals surface area contributed by atoms with Crippen molar-refractivity contribution in [2.24, 2.45) is 5.92 Å². The van der Waals surface area contributed by atoms with E-state index in [4.69, 9.17) is 0 Å². The second kappa shape index (κ2) is 9.70. The van der Waals surface area contributed by atoms with Crippen molar-refractivity contribution in [2.45, 2.75) is 25.5 Å². The van der Waals surface area contributed by atoms with Crippen molar-refractivity contribution in [1.82, 2.24) is 15.1 Å². The fraction of sp³-hybridized carbons (Fsp3) is 0.579. The number of hydrogen-bond donors (Lipinski definition) is 1. The number of aryl methyl sites for hydroxylation is 1. The Kier molecular flexibility index (Phi) is 7.62. The van der Waals surface area contributed by atoms with Gasteiger partial charge in [-0.25, -0.2) is 4.79 Å². The molecule has 2 rings (SSSR count). The first-order valence-corrected chi connectivity index (χ1v) is 10.0. The van der Waals surface area contributed by atoms with E-state index in [1.165, 1.54) is 11.1 Å². The molecule has 6 heteroatoms. The van der Waals surface area contributed by atoms with E-state index in [0.717, 1.165) is 30.9 Å². The summed E-state index contributed by atoms with van der Waals surface area (Å²) in [5.41, 5.74) is 2.66. The molecule has 3 amide bonds. The predicted octanol–water partition coefficient (Wildman–Crippen LogP) is 2.74. The molecule has 1 fully saturated rings. The van der Waals surface area contributed by atoms with Crippen molar-refractivity contribution in [3.8, 4) is 0 Å². The van der Waals surface area contributed by atoms with Gasteiger partial charge in [0.25, 0.3) is 0 Å². The summed E-state index contributed by atoms with van der Waals surface area (Å²) in [4.78, 5) is 27.7. The summed E-state index contributed by atoms with van der Waals surface area (Å²) in [5, 5.41) is 3.03. The van der Waals surface area contributed by atoms with E-state index in [1.54, 1.807) is 23.9 Å². The van der Waals surface area contributed by atoms with Crippen molar-refractivity contribution in [2.75, 3.05) is 39.5 Å². The number of carbonyl (C=O) groups excluding carboxylic acids is 2. The SMILES string of the molecule is Cc1ccccc1CSCCNC(=O)[C@H]1CCCN(C(=O)N(C)C)C1. The number of likely N-dealkylation sites (tertiary alicyclic amines) is 1. The molecule has 1 N–H and O–H groups in total. The van der Waals surface area contributed by atoms with Gasteiger partial charge in [-0.05, 0) is 30.9 Å². The molecule has 1 aliphatic rings. The molecule has 1 aliphatic heterocycles. The van der Waals surface area contributed by atoms with Crippen LogP contribution in [0.1, 0.15) is 24.0 Å². The molecule has 0 bridgehead atoms. The summed E-state index contributed by atoms with van der Waals surface area (Å²) in [6.45, 7) is 4.07. The van der Waals surface area contributed by atoms with Gasteiger partial charge < -0.3 is 15.1 Å². The number of urea groups is 1. The minimum absolute atomic E-state index is 0.00807. The molecule has 1 aromatic rings. The monoisotopic (exact) mass is 363 g/mol. The highest BCUT2D eigenvalue weighted by Gasteiger charge is 2.28. The third-order valence-electron chi connectivity index (χ3n) is 4.51. The maximum absolute atomic E-state index is 12.4. The van der Waals surface area contributed by atoms with Crippen LogP contribution in [0.2, 0.25) is 0 Å². The smallest absolute Gasteiger partial charge is 0.319 e. The summed E-state index contributed by atoms with van der Waals surface area (Å²) in [6.07, 6.45) is 1.75. The minimum atomic E-state index is -0.0842. The topological polar surface area (TPSA) is 52.7 Å². The van der Waals surface area contributed by atoms with Crippen molar-refractivity contribution < 1.29 is 9.59 Å². The van der Waals surface area contributed by atoms with Crippen molar-refractivity contribution >= 4 is 23.7 Å². The first kappa shape index (κ1) is 19.6. The molecule has 1 aromatic carbocycles. The van der Waals surface area contributed by atoms with Crippen molar-refractivity contribution in [1.29, 1.82) is 0 Å². The molecule has 0 spiro atoms. The molecule has 0 saturated carbocycles. The lowest BCUT2D eigenvalue weighted by Crippen LogP contribution is -2.48. The molecule has 25 heavy (non-hydrogen) atoms. The zero-order valence-corrected chi connectivity index (χ0v) is 16.3. The second-order valence-electron chi connectivity index (χ2n) is 6.73. The Labute approximate surface area is 155 Å². The van der Waals surface area contributed by atoms with E-state index >= 15 is 0 Å². The van der Waals surface area contributed by atoms with Gasteiger partial charge in [0.2, 0.25) is 5.91 Å². The number of benzene rings is 1. The summed E-state index contributed by atoms with van der Waals surface area (Å²) in [6, 6.07) is 8.39. The molecule has 138 valence electrons. The molecule has 0 unspecified atom stereocenters. The average Bonchev–Trinajstić information content (AvgIpc) is 2.62. The third kappa shape index (κ3) is 5.96. The second-order valence-corrected chi connectivity index (χ2v) is 7.84. The van der Waals surface area contributed by atoms with E-state index in [-0.39, 0.29) is 17.9 Å². The molecule has 1 saturated heterocycles. The first-order chi connectivity index (χ1) is 12.0. The quantitative estimate of drug-likeness (QED) is 0.791. The molecule has 5 nitrogen and oxygen atoms in total. The van der Waals surface area contributed by atoms with Gasteiger partial charge in [0.15, 0.2) is 0 Å². The van der Waals surface area contributed by atoms with Gasteiger partial charge in [0.05, 0.1) is 5.92 Å². The summed E-state index contributed by atoms with van der Waals surface area (Å²) in [5.74, 6) is 1.86. The maximum atomic E-state index is 12.4. The number of piperidine rings is 1. The summed E-state index contributed by atoms with van der Waals surface area (Å²) in [7, 11) is 3.50. The van der Waals surface area contributed by atoms with Crippen LogP contribution in [0.5, 0.6) is 0 Å². The van der Waals surface area contributed by atoms with Gasteiger partial charge in [-0.3, -0.25) is 4.79 Å². The van der Waals surface area contributed by atoms with Crippen molar-refractivity contribution in [3.05, 3.63) is 35.4 Å². The molecule has 1 heterocycles. The summed E-state index contributed by atoms with van der Waals surface area (Å²) >= 11 is 1.83. The van der Waals surface area contributed by atoms with Crippen LogP contribution in [0.25, 0.3) is 0 Å². The van der Waals surface area contributed by atoms with Crippen LogP contribution in [0.4, 0.5) is 4.79 Å². The fourth-order valence-electron chi connectivity index (χ4n) is 2.99. The third-order valence-corrected chi connectivity index (χ3v) is 5.52. The Balaban J connectivity index is 1.68. The molecule has 0 aliphatic carbocycles. The average molecular weight is 364 g/mol. The number of amides is 3. The van der Waals surface area contributed by atoms with E-state index in [1.807, 2.05) is 11.8 Å².